The Morgan fingerprint density at radius 3 is 1.89 bits per heavy atom. The van der Waals surface area contributed by atoms with E-state index in [2.05, 4.69) is 4.74 Å². The van der Waals surface area contributed by atoms with E-state index in [1.807, 2.05) is 13.3 Å². The molecule has 0 radical (unpaired) electrons. The molecule has 5 nitrogen and oxygen atoms in total. The molecule has 19 heavy (non-hydrogen) atoms. The van der Waals surface area contributed by atoms with Crippen LogP contribution in [-0.4, -0.2) is 40.6 Å². The number of rotatable bonds is 5. The van der Waals surface area contributed by atoms with E-state index in [-0.39, 0.29) is 0 Å². The van der Waals surface area contributed by atoms with Crippen LogP contribution in [-0.2, 0) is 16.5 Å². The standard InChI is InChI=1S/C12H17O5PS/c1-14-9-6-8(12(13)16-3)7-10(15-2)11(9)17-18(4,5)19/h6-7H,1-5H3. The summed E-state index contributed by atoms with van der Waals surface area (Å²) >= 11 is 5.28. The fourth-order valence-corrected chi connectivity index (χ4v) is 2.27. The van der Waals surface area contributed by atoms with Crippen LogP contribution in [0.1, 0.15) is 10.4 Å². The molecule has 0 heterocycles. The zero-order chi connectivity index (χ0) is 14.6. The molecule has 1 aromatic rings. The first-order chi connectivity index (χ1) is 8.82. The monoisotopic (exact) mass is 304 g/mol. The van der Waals surface area contributed by atoms with Gasteiger partial charge in [0.15, 0.2) is 11.5 Å². The first-order valence-corrected chi connectivity index (χ1v) is 9.02. The topological polar surface area (TPSA) is 54.0 Å². The molecule has 0 aromatic heterocycles. The molecule has 0 aliphatic rings. The fourth-order valence-electron chi connectivity index (χ4n) is 1.43. The number of ether oxygens (including phenoxy) is 3. The summed E-state index contributed by atoms with van der Waals surface area (Å²) in [6.45, 7) is 3.69. The van der Waals surface area contributed by atoms with Crippen molar-refractivity contribution in [1.82, 2.24) is 0 Å². The third-order valence-corrected chi connectivity index (χ3v) is 3.04. The molecule has 0 atom stereocenters. The lowest BCUT2D eigenvalue weighted by Gasteiger charge is -2.19. The van der Waals surface area contributed by atoms with Crippen molar-refractivity contribution in [2.75, 3.05) is 34.7 Å². The Morgan fingerprint density at radius 2 is 1.58 bits per heavy atom. The Morgan fingerprint density at radius 1 is 1.11 bits per heavy atom. The van der Waals surface area contributed by atoms with Crippen LogP contribution >= 0.6 is 6.26 Å². The van der Waals surface area contributed by atoms with Crippen LogP contribution in [0.15, 0.2) is 12.1 Å². The van der Waals surface area contributed by atoms with Crippen molar-refractivity contribution < 1.29 is 23.5 Å². The quantitative estimate of drug-likeness (QED) is 0.615. The lowest BCUT2D eigenvalue weighted by atomic mass is 10.2. The molecule has 0 aliphatic heterocycles. The van der Waals surface area contributed by atoms with Crippen LogP contribution in [0.4, 0.5) is 0 Å². The second-order valence-corrected chi connectivity index (χ2v) is 9.37. The van der Waals surface area contributed by atoms with E-state index < -0.39 is 12.2 Å². The summed E-state index contributed by atoms with van der Waals surface area (Å²) in [4.78, 5) is 11.6. The summed E-state index contributed by atoms with van der Waals surface area (Å²) in [5.41, 5.74) is 0.323. The first-order valence-electron chi connectivity index (χ1n) is 5.41. The summed E-state index contributed by atoms with van der Waals surface area (Å²) in [5, 5.41) is 0. The first kappa shape index (κ1) is 15.8. The largest absolute Gasteiger partial charge is 0.493 e. The Kier molecular flexibility index (Phi) is 5.20. The molecule has 0 bridgehead atoms. The number of methoxy groups -OCH3 is 3. The average Bonchev–Trinajstić information content (AvgIpc) is 2.36. The van der Waals surface area contributed by atoms with Gasteiger partial charge >= 0.3 is 5.97 Å². The van der Waals surface area contributed by atoms with E-state index >= 15 is 0 Å². The summed E-state index contributed by atoms with van der Waals surface area (Å²) in [6, 6.07) is 3.07. The molecular formula is C12H17O5PS. The molecule has 0 amide bonds. The molecule has 0 aliphatic carbocycles. The number of hydrogen-bond donors (Lipinski definition) is 0. The van der Waals surface area contributed by atoms with Gasteiger partial charge in [-0.05, 0) is 25.5 Å². The van der Waals surface area contributed by atoms with Crippen LogP contribution in [0.5, 0.6) is 17.2 Å². The SMILES string of the molecule is COC(=O)c1cc(OC)c(OP(C)(C)=S)c(OC)c1. The van der Waals surface area contributed by atoms with Gasteiger partial charge in [-0.25, -0.2) is 4.79 Å². The maximum atomic E-state index is 11.6. The van der Waals surface area contributed by atoms with E-state index in [4.69, 9.17) is 25.8 Å². The number of esters is 1. The Balaban J connectivity index is 3.37. The Hall–Kier alpha value is -1.26. The third kappa shape index (κ3) is 4.11. The highest BCUT2D eigenvalue weighted by molar-refractivity contribution is 8.11. The van der Waals surface area contributed by atoms with Gasteiger partial charge in [-0.15, -0.1) is 0 Å². The summed E-state index contributed by atoms with van der Waals surface area (Å²) < 4.78 is 20.9. The minimum atomic E-state index is -1.96. The minimum Gasteiger partial charge on any atom is -0.493 e. The summed E-state index contributed by atoms with van der Waals surface area (Å²) in [5.74, 6) is 0.705. The van der Waals surface area contributed by atoms with Crippen LogP contribution in [0, 0.1) is 0 Å². The molecule has 0 N–H and O–H groups in total. The van der Waals surface area contributed by atoms with E-state index in [1.54, 1.807) is 0 Å². The van der Waals surface area contributed by atoms with Gasteiger partial charge in [0.1, 0.15) is 6.26 Å². The van der Waals surface area contributed by atoms with Crippen molar-refractivity contribution in [2.24, 2.45) is 0 Å². The van der Waals surface area contributed by atoms with Crippen LogP contribution in [0.2, 0.25) is 0 Å². The van der Waals surface area contributed by atoms with E-state index in [9.17, 15) is 4.79 Å². The highest BCUT2D eigenvalue weighted by Crippen LogP contribution is 2.48. The predicted molar refractivity (Wildman–Crippen MR) is 77.6 cm³/mol. The van der Waals surface area contributed by atoms with Gasteiger partial charge in [-0.1, -0.05) is 11.8 Å². The van der Waals surface area contributed by atoms with E-state index in [0.717, 1.165) is 0 Å². The molecular weight excluding hydrogens is 287 g/mol. The smallest absolute Gasteiger partial charge is 0.338 e. The van der Waals surface area contributed by atoms with Crippen molar-refractivity contribution >= 4 is 24.0 Å². The van der Waals surface area contributed by atoms with Crippen molar-refractivity contribution in [3.8, 4) is 17.2 Å². The summed E-state index contributed by atoms with van der Waals surface area (Å²) in [6.07, 6.45) is -1.96. The molecule has 0 unspecified atom stereocenters. The molecule has 0 fully saturated rings. The van der Waals surface area contributed by atoms with Crippen molar-refractivity contribution in [2.45, 2.75) is 0 Å². The molecule has 0 spiro atoms. The van der Waals surface area contributed by atoms with Crippen LogP contribution in [0.3, 0.4) is 0 Å². The molecule has 1 aromatic carbocycles. The lowest BCUT2D eigenvalue weighted by Crippen LogP contribution is -2.04. The van der Waals surface area contributed by atoms with Crippen molar-refractivity contribution in [1.29, 1.82) is 0 Å². The van der Waals surface area contributed by atoms with Crippen LogP contribution < -0.4 is 14.0 Å². The highest BCUT2D eigenvalue weighted by Gasteiger charge is 2.20. The maximum absolute atomic E-state index is 11.6. The predicted octanol–water partition coefficient (Wildman–Crippen LogP) is 2.52. The van der Waals surface area contributed by atoms with E-state index in [1.165, 1.54) is 33.5 Å². The normalized spacial score (nSPS) is 10.8. The second kappa shape index (κ2) is 6.26. The molecule has 0 saturated heterocycles. The van der Waals surface area contributed by atoms with Gasteiger partial charge < -0.3 is 18.7 Å². The second-order valence-electron chi connectivity index (χ2n) is 4.04. The summed E-state index contributed by atoms with van der Waals surface area (Å²) in [7, 11) is 4.28. The number of carbonyl (C=O) groups is 1. The zero-order valence-electron chi connectivity index (χ0n) is 11.6. The number of carbonyl (C=O) groups excluding carboxylic acids is 1. The van der Waals surface area contributed by atoms with Gasteiger partial charge in [0.2, 0.25) is 5.75 Å². The zero-order valence-corrected chi connectivity index (χ0v) is 13.3. The van der Waals surface area contributed by atoms with Crippen LogP contribution in [0.25, 0.3) is 0 Å². The van der Waals surface area contributed by atoms with Gasteiger partial charge in [0, 0.05) is 0 Å². The van der Waals surface area contributed by atoms with Crippen molar-refractivity contribution in [3.63, 3.8) is 0 Å². The van der Waals surface area contributed by atoms with E-state index in [0.29, 0.717) is 22.8 Å². The number of benzene rings is 1. The average molecular weight is 304 g/mol. The molecule has 7 heteroatoms. The van der Waals surface area contributed by atoms with Gasteiger partial charge in [0.25, 0.3) is 0 Å². The number of hydrogen-bond acceptors (Lipinski definition) is 6. The molecule has 0 saturated carbocycles. The molecule has 1 rings (SSSR count). The van der Waals surface area contributed by atoms with Gasteiger partial charge in [-0.3, -0.25) is 0 Å². The fraction of sp³-hybridized carbons (Fsp3) is 0.417. The molecule has 106 valence electrons. The van der Waals surface area contributed by atoms with Crippen molar-refractivity contribution in [3.05, 3.63) is 17.7 Å². The maximum Gasteiger partial charge on any atom is 0.338 e. The third-order valence-electron chi connectivity index (χ3n) is 2.19. The lowest BCUT2D eigenvalue weighted by molar-refractivity contribution is 0.0600. The minimum absolute atomic E-state index is 0.323. The Labute approximate surface area is 117 Å². The highest BCUT2D eigenvalue weighted by atomic mass is 32.4. The van der Waals surface area contributed by atoms with Gasteiger partial charge in [-0.2, -0.15) is 0 Å². The van der Waals surface area contributed by atoms with Gasteiger partial charge in [0.05, 0.1) is 26.9 Å². The Bertz CT molecular complexity index is 498.